The van der Waals surface area contributed by atoms with Crippen LogP contribution in [0.25, 0.3) is 10.2 Å². The summed E-state index contributed by atoms with van der Waals surface area (Å²) in [5, 5.41) is 7.24. The van der Waals surface area contributed by atoms with Crippen molar-refractivity contribution in [1.82, 2.24) is 14.7 Å². The van der Waals surface area contributed by atoms with E-state index in [4.69, 9.17) is 4.52 Å². The second-order valence-corrected chi connectivity index (χ2v) is 8.49. The lowest BCUT2D eigenvalue weighted by Crippen LogP contribution is -2.26. The molecular formula is C17H20N4O3S2. The van der Waals surface area contributed by atoms with Crippen LogP contribution < -0.4 is 10.9 Å². The summed E-state index contributed by atoms with van der Waals surface area (Å²) in [6.45, 7) is 9.85. The van der Waals surface area contributed by atoms with Gasteiger partial charge in [0.05, 0.1) is 10.6 Å². The van der Waals surface area contributed by atoms with Crippen LogP contribution in [0.4, 0.5) is 5.82 Å². The minimum absolute atomic E-state index is 0.0541. The first-order valence-electron chi connectivity index (χ1n) is 8.23. The summed E-state index contributed by atoms with van der Waals surface area (Å²) in [4.78, 5) is 31.7. The number of aryl methyl sites for hydroxylation is 3. The molecule has 0 saturated heterocycles. The molecule has 0 aliphatic rings. The van der Waals surface area contributed by atoms with E-state index >= 15 is 0 Å². The molecule has 7 nitrogen and oxygen atoms in total. The average molecular weight is 393 g/mol. The predicted molar refractivity (Wildman–Crippen MR) is 104 cm³/mol. The quantitative estimate of drug-likeness (QED) is 0.528. The van der Waals surface area contributed by atoms with E-state index in [0.717, 1.165) is 15.3 Å². The number of anilines is 1. The number of rotatable bonds is 5. The second kappa shape index (κ2) is 7.24. The highest BCUT2D eigenvalue weighted by molar-refractivity contribution is 8.00. The molecule has 3 aromatic heterocycles. The molecular weight excluding hydrogens is 372 g/mol. The van der Waals surface area contributed by atoms with Gasteiger partial charge in [-0.3, -0.25) is 14.2 Å². The summed E-state index contributed by atoms with van der Waals surface area (Å²) in [7, 11) is 0. The van der Waals surface area contributed by atoms with Gasteiger partial charge in [0.15, 0.2) is 11.0 Å². The molecule has 3 heterocycles. The Bertz CT molecular complexity index is 1030. The first-order chi connectivity index (χ1) is 12.3. The van der Waals surface area contributed by atoms with Crippen molar-refractivity contribution in [3.8, 4) is 0 Å². The number of fused-ring (bicyclic) bond motifs is 1. The van der Waals surface area contributed by atoms with E-state index < -0.39 is 5.25 Å². The van der Waals surface area contributed by atoms with Crippen molar-refractivity contribution >= 4 is 45.0 Å². The summed E-state index contributed by atoms with van der Waals surface area (Å²) >= 11 is 2.77. The number of carbonyl (C=O) groups excluding carboxylic acids is 1. The third-order valence-electron chi connectivity index (χ3n) is 4.10. The Labute approximate surface area is 158 Å². The van der Waals surface area contributed by atoms with Gasteiger partial charge in [-0.15, -0.1) is 11.3 Å². The summed E-state index contributed by atoms with van der Waals surface area (Å²) in [6.07, 6.45) is 0. The lowest BCUT2D eigenvalue weighted by atomic mass is 10.2. The molecule has 1 atom stereocenters. The van der Waals surface area contributed by atoms with Crippen LogP contribution in [0.5, 0.6) is 0 Å². The van der Waals surface area contributed by atoms with Crippen LogP contribution in [0.15, 0.2) is 20.5 Å². The third-order valence-corrected chi connectivity index (χ3v) is 6.29. The Balaban J connectivity index is 1.90. The summed E-state index contributed by atoms with van der Waals surface area (Å²) in [5.41, 5.74) is 0.926. The monoisotopic (exact) mass is 392 g/mol. The van der Waals surface area contributed by atoms with E-state index in [9.17, 15) is 9.59 Å². The highest BCUT2D eigenvalue weighted by Gasteiger charge is 2.21. The Morgan fingerprint density at radius 1 is 1.42 bits per heavy atom. The maximum Gasteiger partial charge on any atom is 0.263 e. The molecule has 0 bridgehead atoms. The minimum Gasteiger partial charge on any atom is -0.360 e. The molecule has 0 unspecified atom stereocenters. The topological polar surface area (TPSA) is 90.0 Å². The first kappa shape index (κ1) is 18.7. The SMILES string of the molecule is CCn1c(S[C@H](C)C(=O)Nc2cc(C)on2)nc2sc(C)c(C)c2c1=O. The Hall–Kier alpha value is -2.13. The van der Waals surface area contributed by atoms with Crippen molar-refractivity contribution < 1.29 is 9.32 Å². The number of thioether (sulfide) groups is 1. The number of thiophene rings is 1. The van der Waals surface area contributed by atoms with Gasteiger partial charge in [0, 0.05) is 17.5 Å². The van der Waals surface area contributed by atoms with Crippen molar-refractivity contribution in [2.75, 3.05) is 5.32 Å². The van der Waals surface area contributed by atoms with Crippen LogP contribution >= 0.6 is 23.1 Å². The highest BCUT2D eigenvalue weighted by atomic mass is 32.2. The molecule has 9 heteroatoms. The number of carbonyl (C=O) groups is 1. The second-order valence-electron chi connectivity index (χ2n) is 5.98. The van der Waals surface area contributed by atoms with E-state index in [-0.39, 0.29) is 11.5 Å². The standard InChI is InChI=1S/C17H20N4O3S2/c1-6-21-16(23)13-9(3)10(4)25-15(13)19-17(21)26-11(5)14(22)18-12-7-8(2)24-20-12/h7,11H,6H2,1-5H3,(H,18,20,22)/t11-/m1/s1. The van der Waals surface area contributed by atoms with Crippen LogP contribution in [0.3, 0.4) is 0 Å². The Morgan fingerprint density at radius 2 is 2.15 bits per heavy atom. The summed E-state index contributed by atoms with van der Waals surface area (Å²) in [5.74, 6) is 0.774. The zero-order chi connectivity index (χ0) is 19.0. The van der Waals surface area contributed by atoms with Gasteiger partial charge in [-0.1, -0.05) is 16.9 Å². The fraction of sp³-hybridized carbons (Fsp3) is 0.412. The van der Waals surface area contributed by atoms with Gasteiger partial charge in [0.1, 0.15) is 10.6 Å². The van der Waals surface area contributed by atoms with Gasteiger partial charge >= 0.3 is 0 Å². The largest absolute Gasteiger partial charge is 0.360 e. The van der Waals surface area contributed by atoms with Gasteiger partial charge in [0.25, 0.3) is 5.56 Å². The predicted octanol–water partition coefficient (Wildman–Crippen LogP) is 3.51. The van der Waals surface area contributed by atoms with Crippen molar-refractivity contribution in [1.29, 1.82) is 0 Å². The Morgan fingerprint density at radius 3 is 2.77 bits per heavy atom. The average Bonchev–Trinajstić information content (AvgIpc) is 3.11. The number of hydrogen-bond donors (Lipinski definition) is 1. The van der Waals surface area contributed by atoms with Gasteiger partial charge in [-0.2, -0.15) is 0 Å². The fourth-order valence-electron chi connectivity index (χ4n) is 2.54. The molecule has 0 spiro atoms. The van der Waals surface area contributed by atoms with Crippen LogP contribution in [-0.2, 0) is 11.3 Å². The van der Waals surface area contributed by atoms with E-state index in [1.54, 1.807) is 24.5 Å². The molecule has 0 fully saturated rings. The van der Waals surface area contributed by atoms with Crippen molar-refractivity contribution in [3.05, 3.63) is 32.6 Å². The van der Waals surface area contributed by atoms with E-state index in [1.165, 1.54) is 23.1 Å². The third kappa shape index (κ3) is 3.41. The first-order valence-corrected chi connectivity index (χ1v) is 9.92. The number of aromatic nitrogens is 3. The molecule has 0 aliphatic carbocycles. The molecule has 3 aromatic rings. The number of nitrogens with zero attached hydrogens (tertiary/aromatic N) is 3. The summed E-state index contributed by atoms with van der Waals surface area (Å²) in [6, 6.07) is 1.65. The maximum absolute atomic E-state index is 12.9. The molecule has 26 heavy (non-hydrogen) atoms. The van der Waals surface area contributed by atoms with Crippen molar-refractivity contribution in [3.63, 3.8) is 0 Å². The molecule has 3 rings (SSSR count). The lowest BCUT2D eigenvalue weighted by molar-refractivity contribution is -0.115. The lowest BCUT2D eigenvalue weighted by Gasteiger charge is -2.14. The van der Waals surface area contributed by atoms with Crippen LogP contribution in [-0.4, -0.2) is 25.9 Å². The molecule has 0 aliphatic heterocycles. The minimum atomic E-state index is -0.448. The van der Waals surface area contributed by atoms with E-state index in [1.807, 2.05) is 20.8 Å². The Kier molecular flexibility index (Phi) is 5.19. The van der Waals surface area contributed by atoms with Gasteiger partial charge < -0.3 is 9.84 Å². The number of nitrogens with one attached hydrogen (secondary N) is 1. The van der Waals surface area contributed by atoms with Crippen molar-refractivity contribution in [2.45, 2.75) is 51.6 Å². The maximum atomic E-state index is 12.9. The normalized spacial score (nSPS) is 12.5. The van der Waals surface area contributed by atoms with Gasteiger partial charge in [-0.25, -0.2) is 4.98 Å². The smallest absolute Gasteiger partial charge is 0.263 e. The molecule has 0 radical (unpaired) electrons. The van der Waals surface area contributed by atoms with Crippen molar-refractivity contribution in [2.24, 2.45) is 0 Å². The van der Waals surface area contributed by atoms with Gasteiger partial charge in [0.2, 0.25) is 5.91 Å². The number of hydrogen-bond acceptors (Lipinski definition) is 7. The zero-order valence-corrected chi connectivity index (χ0v) is 16.9. The molecule has 0 aromatic carbocycles. The number of amides is 1. The molecule has 1 N–H and O–H groups in total. The van der Waals surface area contributed by atoms with E-state index in [2.05, 4.69) is 15.5 Å². The molecule has 138 valence electrons. The van der Waals surface area contributed by atoms with Gasteiger partial charge in [-0.05, 0) is 40.2 Å². The fourth-order valence-corrected chi connectivity index (χ4v) is 4.59. The van der Waals surface area contributed by atoms with Crippen LogP contribution in [0.2, 0.25) is 0 Å². The zero-order valence-electron chi connectivity index (χ0n) is 15.2. The molecule has 1 amide bonds. The van der Waals surface area contributed by atoms with E-state index in [0.29, 0.717) is 28.7 Å². The molecule has 0 saturated carbocycles. The summed E-state index contributed by atoms with van der Waals surface area (Å²) < 4.78 is 6.57. The highest BCUT2D eigenvalue weighted by Crippen LogP contribution is 2.29. The van der Waals surface area contributed by atoms with Crippen LogP contribution in [0.1, 0.15) is 30.0 Å². The van der Waals surface area contributed by atoms with Crippen LogP contribution in [0, 0.1) is 20.8 Å².